The molecule has 0 radical (unpaired) electrons. The molecular weight excluding hydrogens is 242 g/mol. The molecule has 0 aliphatic rings. The maximum atomic E-state index is 10.2. The van der Waals surface area contributed by atoms with E-state index in [-0.39, 0.29) is 5.54 Å². The molecule has 1 aromatic heterocycles. The Morgan fingerprint density at radius 1 is 1.31 bits per heavy atom. The number of thiophene rings is 1. The van der Waals surface area contributed by atoms with Gasteiger partial charge in [0.25, 0.3) is 0 Å². The Kier molecular flexibility index (Phi) is 4.41. The van der Waals surface area contributed by atoms with Crippen LogP contribution in [0.4, 0.5) is 0 Å². The summed E-state index contributed by atoms with van der Waals surface area (Å²) in [6.07, 6.45) is 0.632. The molecule has 2 nitrogen and oxygen atoms in total. The van der Waals surface area contributed by atoms with E-state index in [9.17, 15) is 5.11 Å². The van der Waals surface area contributed by atoms with Crippen LogP contribution in [0.15, 0.2) is 12.1 Å². The van der Waals surface area contributed by atoms with Crippen LogP contribution in [0.5, 0.6) is 0 Å². The van der Waals surface area contributed by atoms with Crippen LogP contribution < -0.4 is 5.32 Å². The summed E-state index contributed by atoms with van der Waals surface area (Å²) in [6, 6.07) is 3.84. The molecule has 4 heteroatoms. The average molecular weight is 262 g/mol. The van der Waals surface area contributed by atoms with Gasteiger partial charge in [-0.2, -0.15) is 0 Å². The van der Waals surface area contributed by atoms with E-state index in [0.29, 0.717) is 13.0 Å². The molecule has 16 heavy (non-hydrogen) atoms. The third-order valence-electron chi connectivity index (χ3n) is 2.18. The number of hydrogen-bond donors (Lipinski definition) is 2. The molecule has 0 spiro atoms. The molecule has 0 aliphatic carbocycles. The van der Waals surface area contributed by atoms with Crippen LogP contribution in [0.2, 0.25) is 4.34 Å². The van der Waals surface area contributed by atoms with Crippen molar-refractivity contribution in [3.63, 3.8) is 0 Å². The van der Waals surface area contributed by atoms with Crippen LogP contribution >= 0.6 is 22.9 Å². The standard InChI is InChI=1S/C12H20ClNOS/c1-11(2,3)14-8-12(4,15)7-9-5-6-10(13)16-9/h5-6,14-15H,7-8H2,1-4H3. The summed E-state index contributed by atoms with van der Waals surface area (Å²) in [7, 11) is 0. The zero-order valence-corrected chi connectivity index (χ0v) is 11.9. The van der Waals surface area contributed by atoms with E-state index in [2.05, 4.69) is 26.1 Å². The van der Waals surface area contributed by atoms with Crippen LogP contribution in [0.1, 0.15) is 32.6 Å². The molecule has 0 saturated heterocycles. The Hall–Kier alpha value is -0.0900. The molecule has 0 saturated carbocycles. The second kappa shape index (κ2) is 5.05. The van der Waals surface area contributed by atoms with E-state index in [1.54, 1.807) is 0 Å². The van der Waals surface area contributed by atoms with Gasteiger partial charge in [0.2, 0.25) is 0 Å². The highest BCUT2D eigenvalue weighted by atomic mass is 35.5. The van der Waals surface area contributed by atoms with E-state index in [1.807, 2.05) is 19.1 Å². The van der Waals surface area contributed by atoms with Gasteiger partial charge in [0.05, 0.1) is 9.94 Å². The van der Waals surface area contributed by atoms with Crippen molar-refractivity contribution in [2.45, 2.75) is 45.3 Å². The first-order chi connectivity index (χ1) is 7.18. The first kappa shape index (κ1) is 14.0. The van der Waals surface area contributed by atoms with Gasteiger partial charge >= 0.3 is 0 Å². The van der Waals surface area contributed by atoms with E-state index < -0.39 is 5.60 Å². The number of halogens is 1. The molecule has 0 amide bonds. The SMILES string of the molecule is CC(O)(CNC(C)(C)C)Cc1ccc(Cl)s1. The van der Waals surface area contributed by atoms with Crippen molar-refractivity contribution >= 4 is 22.9 Å². The van der Waals surface area contributed by atoms with Crippen LogP contribution in [-0.4, -0.2) is 22.8 Å². The quantitative estimate of drug-likeness (QED) is 0.873. The average Bonchev–Trinajstić information content (AvgIpc) is 2.46. The lowest BCUT2D eigenvalue weighted by atomic mass is 9.99. The van der Waals surface area contributed by atoms with E-state index >= 15 is 0 Å². The molecule has 2 N–H and O–H groups in total. The molecule has 0 aliphatic heterocycles. The maximum Gasteiger partial charge on any atom is 0.0931 e. The van der Waals surface area contributed by atoms with Crippen molar-refractivity contribution in [3.8, 4) is 0 Å². The highest BCUT2D eigenvalue weighted by Crippen LogP contribution is 2.25. The van der Waals surface area contributed by atoms with Gasteiger partial charge < -0.3 is 10.4 Å². The normalized spacial score (nSPS) is 16.1. The molecule has 1 atom stereocenters. The molecule has 1 rings (SSSR count). The van der Waals surface area contributed by atoms with Gasteiger partial charge in [-0.3, -0.25) is 0 Å². The van der Waals surface area contributed by atoms with Crippen molar-refractivity contribution < 1.29 is 5.11 Å². The minimum Gasteiger partial charge on any atom is -0.388 e. The minimum absolute atomic E-state index is 0.0249. The summed E-state index contributed by atoms with van der Waals surface area (Å²) in [5.41, 5.74) is -0.710. The zero-order valence-electron chi connectivity index (χ0n) is 10.3. The summed E-state index contributed by atoms with van der Waals surface area (Å²) < 4.78 is 0.773. The summed E-state index contributed by atoms with van der Waals surface area (Å²) >= 11 is 7.39. The van der Waals surface area contributed by atoms with Crippen molar-refractivity contribution in [2.75, 3.05) is 6.54 Å². The lowest BCUT2D eigenvalue weighted by Gasteiger charge is -2.29. The molecule has 0 aromatic carbocycles. The first-order valence-corrected chi connectivity index (χ1v) is 6.59. The largest absolute Gasteiger partial charge is 0.388 e. The molecule has 1 heterocycles. The van der Waals surface area contributed by atoms with Crippen molar-refractivity contribution in [3.05, 3.63) is 21.3 Å². The summed E-state index contributed by atoms with van der Waals surface area (Å²) in [5, 5.41) is 13.6. The Labute approximate surface area is 107 Å². The van der Waals surface area contributed by atoms with Gasteiger partial charge in [-0.05, 0) is 39.8 Å². The fourth-order valence-electron chi connectivity index (χ4n) is 1.34. The Morgan fingerprint density at radius 2 is 1.94 bits per heavy atom. The molecule has 1 unspecified atom stereocenters. The van der Waals surface area contributed by atoms with Crippen LogP contribution in [0.3, 0.4) is 0 Å². The number of hydrogen-bond acceptors (Lipinski definition) is 3. The molecule has 0 fully saturated rings. The summed E-state index contributed by atoms with van der Waals surface area (Å²) in [5.74, 6) is 0. The topological polar surface area (TPSA) is 32.3 Å². The van der Waals surface area contributed by atoms with Crippen LogP contribution in [-0.2, 0) is 6.42 Å². The van der Waals surface area contributed by atoms with Crippen LogP contribution in [0, 0.1) is 0 Å². The monoisotopic (exact) mass is 261 g/mol. The highest BCUT2D eigenvalue weighted by molar-refractivity contribution is 7.16. The Morgan fingerprint density at radius 3 is 2.38 bits per heavy atom. The lowest BCUT2D eigenvalue weighted by molar-refractivity contribution is 0.0542. The van der Waals surface area contributed by atoms with E-state index in [4.69, 9.17) is 11.6 Å². The Balaban J connectivity index is 2.51. The highest BCUT2D eigenvalue weighted by Gasteiger charge is 2.24. The minimum atomic E-state index is -0.735. The molecular formula is C12H20ClNOS. The lowest BCUT2D eigenvalue weighted by Crippen LogP contribution is -2.47. The van der Waals surface area contributed by atoms with Gasteiger partial charge in [-0.15, -0.1) is 11.3 Å². The van der Waals surface area contributed by atoms with Crippen molar-refractivity contribution in [1.29, 1.82) is 0 Å². The number of aliphatic hydroxyl groups is 1. The smallest absolute Gasteiger partial charge is 0.0931 e. The van der Waals surface area contributed by atoms with Gasteiger partial charge in [-0.25, -0.2) is 0 Å². The number of β-amino-alcohol motifs (C(OH)–C–C–N with tert-alkyl or cyclic N) is 1. The maximum absolute atomic E-state index is 10.2. The molecule has 1 aromatic rings. The van der Waals surface area contributed by atoms with Gasteiger partial charge in [-0.1, -0.05) is 11.6 Å². The van der Waals surface area contributed by atoms with Gasteiger partial charge in [0.15, 0.2) is 0 Å². The summed E-state index contributed by atoms with van der Waals surface area (Å²) in [4.78, 5) is 1.12. The van der Waals surface area contributed by atoms with Crippen LogP contribution in [0.25, 0.3) is 0 Å². The van der Waals surface area contributed by atoms with E-state index in [1.165, 1.54) is 11.3 Å². The molecule has 0 bridgehead atoms. The fourth-order valence-corrected chi connectivity index (χ4v) is 2.61. The third-order valence-corrected chi connectivity index (χ3v) is 3.41. The third kappa shape index (κ3) is 5.30. The predicted octanol–water partition coefficient (Wildman–Crippen LogP) is 3.08. The fraction of sp³-hybridized carbons (Fsp3) is 0.667. The van der Waals surface area contributed by atoms with Crippen molar-refractivity contribution in [2.24, 2.45) is 0 Å². The second-order valence-electron chi connectivity index (χ2n) is 5.48. The summed E-state index contributed by atoms with van der Waals surface area (Å²) in [6.45, 7) is 8.69. The van der Waals surface area contributed by atoms with Gasteiger partial charge in [0.1, 0.15) is 0 Å². The zero-order chi connectivity index (χ0) is 12.4. The van der Waals surface area contributed by atoms with Crippen molar-refractivity contribution in [1.82, 2.24) is 5.32 Å². The number of rotatable bonds is 4. The number of nitrogens with one attached hydrogen (secondary N) is 1. The predicted molar refractivity (Wildman–Crippen MR) is 71.4 cm³/mol. The molecule has 92 valence electrons. The first-order valence-electron chi connectivity index (χ1n) is 5.40. The van der Waals surface area contributed by atoms with E-state index in [0.717, 1.165) is 9.21 Å². The Bertz CT molecular complexity index is 341. The second-order valence-corrected chi connectivity index (χ2v) is 7.28. The van der Waals surface area contributed by atoms with Gasteiger partial charge in [0, 0.05) is 23.4 Å².